The fourth-order valence-corrected chi connectivity index (χ4v) is 4.12. The Morgan fingerprint density at radius 1 is 1.07 bits per heavy atom. The number of hydrogen-bond donors (Lipinski definition) is 0. The largest absolute Gasteiger partial charge is 0.497 e. The molecule has 0 N–H and O–H groups in total. The summed E-state index contributed by atoms with van der Waals surface area (Å²) in [6, 6.07) is 14.4. The monoisotopic (exact) mass is 420 g/mol. The maximum Gasteiger partial charge on any atom is 0.263 e. The lowest BCUT2D eigenvalue weighted by Gasteiger charge is -2.07. The minimum Gasteiger partial charge on any atom is -0.497 e. The highest BCUT2D eigenvalue weighted by atomic mass is 32.1. The average Bonchev–Trinajstić information content (AvgIpc) is 3.21. The van der Waals surface area contributed by atoms with Gasteiger partial charge in [0, 0.05) is 16.5 Å². The second-order valence-corrected chi connectivity index (χ2v) is 7.47. The zero-order valence-electron chi connectivity index (χ0n) is 16.6. The number of ether oxygens (including phenoxy) is 2. The van der Waals surface area contributed by atoms with Gasteiger partial charge in [0.1, 0.15) is 16.3 Å². The molecule has 0 saturated carbocycles. The second kappa shape index (κ2) is 8.51. The molecule has 0 unspecified atom stereocenters. The van der Waals surface area contributed by atoms with E-state index in [0.717, 1.165) is 16.9 Å². The first-order valence-corrected chi connectivity index (χ1v) is 10.4. The second-order valence-electron chi connectivity index (χ2n) is 6.62. The number of hydrogen-bond acceptors (Lipinski definition) is 6. The Hall–Kier alpha value is -3.45. The van der Waals surface area contributed by atoms with Crippen LogP contribution in [-0.4, -0.2) is 29.1 Å². The van der Waals surface area contributed by atoms with Crippen LogP contribution in [0.25, 0.3) is 21.3 Å². The van der Waals surface area contributed by atoms with E-state index in [1.807, 2.05) is 36.6 Å². The molecule has 0 saturated heterocycles. The molecule has 4 rings (SSSR count). The standard InChI is InChI=1S/C23H20N2O4S/c1-3-29-18-10-6-16(7-11-18)20(26)12-25-14-24-22-21(23(25)27)19(13-30-22)15-4-8-17(28-2)9-5-15/h4-11,13-14H,3,12H2,1-2H3. The molecule has 152 valence electrons. The van der Waals surface area contributed by atoms with Crippen LogP contribution in [0.15, 0.2) is 65.0 Å². The fraction of sp³-hybridized carbons (Fsp3) is 0.174. The van der Waals surface area contributed by atoms with Gasteiger partial charge in [-0.2, -0.15) is 0 Å². The van der Waals surface area contributed by atoms with E-state index in [2.05, 4.69) is 4.98 Å². The molecule has 0 aliphatic carbocycles. The number of carbonyl (C=O) groups excluding carboxylic acids is 1. The first-order valence-electron chi connectivity index (χ1n) is 9.48. The predicted molar refractivity (Wildman–Crippen MR) is 118 cm³/mol. The van der Waals surface area contributed by atoms with E-state index in [4.69, 9.17) is 9.47 Å². The van der Waals surface area contributed by atoms with Gasteiger partial charge in [-0.1, -0.05) is 12.1 Å². The number of benzene rings is 2. The Morgan fingerprint density at radius 3 is 2.43 bits per heavy atom. The number of methoxy groups -OCH3 is 1. The van der Waals surface area contributed by atoms with Gasteiger partial charge >= 0.3 is 0 Å². The molecule has 30 heavy (non-hydrogen) atoms. The summed E-state index contributed by atoms with van der Waals surface area (Å²) in [5, 5.41) is 2.44. The van der Waals surface area contributed by atoms with Crippen LogP contribution in [0.2, 0.25) is 0 Å². The van der Waals surface area contributed by atoms with E-state index in [0.29, 0.717) is 28.1 Å². The highest BCUT2D eigenvalue weighted by molar-refractivity contribution is 7.17. The van der Waals surface area contributed by atoms with Crippen molar-refractivity contribution in [3.05, 3.63) is 76.2 Å². The van der Waals surface area contributed by atoms with Gasteiger partial charge in [0.2, 0.25) is 0 Å². The summed E-state index contributed by atoms with van der Waals surface area (Å²) in [6.07, 6.45) is 1.44. The van der Waals surface area contributed by atoms with E-state index in [1.165, 1.54) is 22.2 Å². The molecule has 7 heteroatoms. The number of aromatic nitrogens is 2. The van der Waals surface area contributed by atoms with Crippen molar-refractivity contribution in [2.75, 3.05) is 13.7 Å². The SMILES string of the molecule is CCOc1ccc(C(=O)Cn2cnc3scc(-c4ccc(OC)cc4)c3c2=O)cc1. The van der Waals surface area contributed by atoms with Gasteiger partial charge in [0.05, 0.1) is 32.0 Å². The summed E-state index contributed by atoms with van der Waals surface area (Å²) in [7, 11) is 1.61. The summed E-state index contributed by atoms with van der Waals surface area (Å²) in [5.74, 6) is 1.29. The zero-order valence-corrected chi connectivity index (χ0v) is 17.4. The van der Waals surface area contributed by atoms with E-state index in [-0.39, 0.29) is 17.9 Å². The lowest BCUT2D eigenvalue weighted by atomic mass is 10.1. The number of Topliss-reactive ketones (excluding diaryl/α,β-unsaturated/α-hetero) is 1. The molecule has 0 aliphatic heterocycles. The molecule has 0 amide bonds. The number of thiophene rings is 1. The van der Waals surface area contributed by atoms with Gasteiger partial charge in [-0.15, -0.1) is 11.3 Å². The molecular weight excluding hydrogens is 400 g/mol. The fourth-order valence-electron chi connectivity index (χ4n) is 3.21. The van der Waals surface area contributed by atoms with Crippen LogP contribution in [0.5, 0.6) is 11.5 Å². The molecular formula is C23H20N2O4S. The maximum absolute atomic E-state index is 13.1. The van der Waals surface area contributed by atoms with Gasteiger partial charge in [-0.25, -0.2) is 4.98 Å². The lowest BCUT2D eigenvalue weighted by Crippen LogP contribution is -2.24. The molecule has 4 aromatic rings. The van der Waals surface area contributed by atoms with Crippen LogP contribution >= 0.6 is 11.3 Å². The number of rotatable bonds is 7. The van der Waals surface area contributed by atoms with Crippen molar-refractivity contribution < 1.29 is 14.3 Å². The van der Waals surface area contributed by atoms with Crippen LogP contribution in [0.3, 0.4) is 0 Å². The van der Waals surface area contributed by atoms with Gasteiger partial charge in [-0.3, -0.25) is 14.2 Å². The molecule has 6 nitrogen and oxygen atoms in total. The number of carbonyl (C=O) groups is 1. The average molecular weight is 420 g/mol. The van der Waals surface area contributed by atoms with Crippen molar-refractivity contribution in [1.29, 1.82) is 0 Å². The Balaban J connectivity index is 1.65. The molecule has 0 aliphatic rings. The Morgan fingerprint density at radius 2 is 1.77 bits per heavy atom. The van der Waals surface area contributed by atoms with E-state index in [9.17, 15) is 9.59 Å². The molecule has 2 aromatic carbocycles. The summed E-state index contributed by atoms with van der Waals surface area (Å²) in [5.41, 5.74) is 1.99. The van der Waals surface area contributed by atoms with Crippen LogP contribution in [0.4, 0.5) is 0 Å². The van der Waals surface area contributed by atoms with Gasteiger partial charge in [-0.05, 0) is 48.9 Å². The Kier molecular flexibility index (Phi) is 5.63. The molecule has 0 atom stereocenters. The highest BCUT2D eigenvalue weighted by Gasteiger charge is 2.15. The van der Waals surface area contributed by atoms with Gasteiger partial charge in [0.25, 0.3) is 5.56 Å². The van der Waals surface area contributed by atoms with Gasteiger partial charge < -0.3 is 9.47 Å². The summed E-state index contributed by atoms with van der Waals surface area (Å²) in [6.45, 7) is 2.39. The van der Waals surface area contributed by atoms with Crippen LogP contribution in [0.1, 0.15) is 17.3 Å². The molecule has 2 aromatic heterocycles. The minimum absolute atomic E-state index is 0.0757. The third kappa shape index (κ3) is 3.84. The van der Waals surface area contributed by atoms with E-state index >= 15 is 0 Å². The van der Waals surface area contributed by atoms with Crippen molar-refractivity contribution in [2.24, 2.45) is 0 Å². The summed E-state index contributed by atoms with van der Waals surface area (Å²) >= 11 is 1.41. The number of fused-ring (bicyclic) bond motifs is 1. The topological polar surface area (TPSA) is 70.4 Å². The lowest BCUT2D eigenvalue weighted by molar-refractivity contribution is 0.0970. The van der Waals surface area contributed by atoms with Crippen molar-refractivity contribution in [3.8, 4) is 22.6 Å². The maximum atomic E-state index is 13.1. The molecule has 0 spiro atoms. The minimum atomic E-state index is -0.230. The predicted octanol–water partition coefficient (Wildman–Crippen LogP) is 4.42. The Bertz CT molecular complexity index is 1240. The van der Waals surface area contributed by atoms with E-state index < -0.39 is 0 Å². The third-order valence-electron chi connectivity index (χ3n) is 4.76. The van der Waals surface area contributed by atoms with Crippen molar-refractivity contribution in [1.82, 2.24) is 9.55 Å². The number of nitrogens with zero attached hydrogens (tertiary/aromatic N) is 2. The van der Waals surface area contributed by atoms with Gasteiger partial charge in [0.15, 0.2) is 5.78 Å². The summed E-state index contributed by atoms with van der Waals surface area (Å²) < 4.78 is 12.0. The smallest absolute Gasteiger partial charge is 0.263 e. The van der Waals surface area contributed by atoms with Crippen molar-refractivity contribution >= 4 is 27.3 Å². The zero-order chi connectivity index (χ0) is 21.1. The normalized spacial score (nSPS) is 10.9. The molecule has 0 fully saturated rings. The quantitative estimate of drug-likeness (QED) is 0.414. The van der Waals surface area contributed by atoms with Crippen molar-refractivity contribution in [2.45, 2.75) is 13.5 Å². The number of ketones is 1. The molecule has 0 bridgehead atoms. The highest BCUT2D eigenvalue weighted by Crippen LogP contribution is 2.31. The van der Waals surface area contributed by atoms with Crippen LogP contribution in [0, 0.1) is 0 Å². The van der Waals surface area contributed by atoms with Crippen molar-refractivity contribution in [3.63, 3.8) is 0 Å². The van der Waals surface area contributed by atoms with Crippen LogP contribution < -0.4 is 15.0 Å². The Labute approximate surface area is 177 Å². The van der Waals surface area contributed by atoms with Crippen LogP contribution in [-0.2, 0) is 6.54 Å². The molecule has 2 heterocycles. The third-order valence-corrected chi connectivity index (χ3v) is 5.65. The molecule has 0 radical (unpaired) electrons. The van der Waals surface area contributed by atoms with E-state index in [1.54, 1.807) is 31.4 Å². The first-order chi connectivity index (χ1) is 14.6. The first kappa shape index (κ1) is 19.8. The summed E-state index contributed by atoms with van der Waals surface area (Å²) in [4.78, 5) is 30.9.